The van der Waals surface area contributed by atoms with Crippen molar-refractivity contribution in [1.82, 2.24) is 15.2 Å². The van der Waals surface area contributed by atoms with Crippen molar-refractivity contribution in [2.24, 2.45) is 0 Å². The largest absolute Gasteiger partial charge is 0.478 e. The zero-order valence-corrected chi connectivity index (χ0v) is 11.0. The van der Waals surface area contributed by atoms with Crippen LogP contribution in [0.2, 0.25) is 0 Å². The molecule has 2 rings (SSSR count). The van der Waals surface area contributed by atoms with Crippen LogP contribution >= 0.6 is 0 Å². The van der Waals surface area contributed by atoms with Crippen molar-refractivity contribution >= 4 is 17.8 Å². The number of nitrogens with zero attached hydrogens (tertiary/aromatic N) is 2. The minimum atomic E-state index is -1.03. The van der Waals surface area contributed by atoms with Crippen molar-refractivity contribution in [3.8, 4) is 0 Å². The Morgan fingerprint density at radius 3 is 2.85 bits per heavy atom. The fourth-order valence-electron chi connectivity index (χ4n) is 1.99. The summed E-state index contributed by atoms with van der Waals surface area (Å²) in [5.74, 6) is -1.44. The van der Waals surface area contributed by atoms with Gasteiger partial charge in [-0.3, -0.25) is 19.5 Å². The van der Waals surface area contributed by atoms with Crippen LogP contribution in [0.1, 0.15) is 28.9 Å². The normalized spacial score (nSPS) is 19.2. The van der Waals surface area contributed by atoms with Crippen LogP contribution in [-0.2, 0) is 16.1 Å². The first kappa shape index (κ1) is 14.1. The maximum atomic E-state index is 11.8. The molecular formula is C13H15N3O4. The van der Waals surface area contributed by atoms with E-state index in [0.717, 1.165) is 4.90 Å². The van der Waals surface area contributed by atoms with Crippen molar-refractivity contribution < 1.29 is 19.5 Å². The van der Waals surface area contributed by atoms with Crippen LogP contribution in [0.5, 0.6) is 0 Å². The second-order valence-electron chi connectivity index (χ2n) is 4.61. The minimum absolute atomic E-state index is 0.118. The number of carboxylic acid groups (broad SMARTS) is 1. The molecule has 0 aromatic carbocycles. The number of hydrogen-bond acceptors (Lipinski definition) is 5. The fourth-order valence-corrected chi connectivity index (χ4v) is 1.99. The van der Waals surface area contributed by atoms with Crippen molar-refractivity contribution in [2.45, 2.75) is 25.4 Å². The molecule has 2 N–H and O–H groups in total. The Kier molecular flexibility index (Phi) is 4.09. The first-order valence-electron chi connectivity index (χ1n) is 6.21. The summed E-state index contributed by atoms with van der Waals surface area (Å²) in [6, 6.07) is 2.65. The average molecular weight is 277 g/mol. The highest BCUT2D eigenvalue weighted by molar-refractivity contribution is 6.00. The van der Waals surface area contributed by atoms with E-state index in [0.29, 0.717) is 25.1 Å². The van der Waals surface area contributed by atoms with Gasteiger partial charge in [-0.1, -0.05) is 0 Å². The zero-order valence-electron chi connectivity index (χ0n) is 11.0. The van der Waals surface area contributed by atoms with Gasteiger partial charge in [0, 0.05) is 26.2 Å². The van der Waals surface area contributed by atoms with Crippen molar-refractivity contribution in [3.05, 3.63) is 29.6 Å². The molecule has 1 aliphatic rings. The molecule has 0 spiro atoms. The summed E-state index contributed by atoms with van der Waals surface area (Å²) >= 11 is 0. The molecule has 0 aliphatic carbocycles. The summed E-state index contributed by atoms with van der Waals surface area (Å²) < 4.78 is 0. The number of aromatic nitrogens is 1. The van der Waals surface area contributed by atoms with Gasteiger partial charge in [0.25, 0.3) is 0 Å². The number of pyridine rings is 1. The summed E-state index contributed by atoms with van der Waals surface area (Å²) in [6.45, 7) is 0.346. The van der Waals surface area contributed by atoms with E-state index in [4.69, 9.17) is 5.11 Å². The number of hydrogen-bond donors (Lipinski definition) is 2. The van der Waals surface area contributed by atoms with Gasteiger partial charge in [-0.05, 0) is 18.6 Å². The molecule has 0 saturated carbocycles. The molecule has 1 atom stereocenters. The number of aromatic carboxylic acids is 1. The van der Waals surface area contributed by atoms with E-state index in [1.807, 2.05) is 0 Å². The Bertz CT molecular complexity index is 541. The third-order valence-corrected chi connectivity index (χ3v) is 3.25. The summed E-state index contributed by atoms with van der Waals surface area (Å²) in [7, 11) is 1.47. The predicted octanol–water partition coefficient (Wildman–Crippen LogP) is 0.0168. The summed E-state index contributed by atoms with van der Waals surface area (Å²) in [4.78, 5) is 39.0. The Morgan fingerprint density at radius 1 is 1.50 bits per heavy atom. The predicted molar refractivity (Wildman–Crippen MR) is 68.8 cm³/mol. The van der Waals surface area contributed by atoms with Crippen molar-refractivity contribution in [3.63, 3.8) is 0 Å². The van der Waals surface area contributed by atoms with E-state index in [1.54, 1.807) is 6.07 Å². The van der Waals surface area contributed by atoms with E-state index in [-0.39, 0.29) is 17.4 Å². The Balaban J connectivity index is 1.93. The lowest BCUT2D eigenvalue weighted by Gasteiger charge is -2.28. The SMILES string of the molecule is CN1C(=O)CCC(NCc2ccc(C(=O)O)cn2)C1=O. The number of carbonyl (C=O) groups is 3. The smallest absolute Gasteiger partial charge is 0.337 e. The van der Waals surface area contributed by atoms with Crippen LogP contribution in [0, 0.1) is 0 Å². The van der Waals surface area contributed by atoms with Crippen LogP contribution in [0.25, 0.3) is 0 Å². The van der Waals surface area contributed by atoms with Gasteiger partial charge in [0.05, 0.1) is 17.3 Å². The minimum Gasteiger partial charge on any atom is -0.478 e. The average Bonchev–Trinajstić information content (AvgIpc) is 2.44. The molecule has 106 valence electrons. The fraction of sp³-hybridized carbons (Fsp3) is 0.385. The Morgan fingerprint density at radius 2 is 2.25 bits per heavy atom. The first-order chi connectivity index (χ1) is 9.49. The summed E-state index contributed by atoms with van der Waals surface area (Å²) in [5.41, 5.74) is 0.759. The third-order valence-electron chi connectivity index (χ3n) is 3.25. The highest BCUT2D eigenvalue weighted by Gasteiger charge is 2.31. The van der Waals surface area contributed by atoms with Crippen LogP contribution in [0.4, 0.5) is 0 Å². The maximum absolute atomic E-state index is 11.8. The molecular weight excluding hydrogens is 262 g/mol. The van der Waals surface area contributed by atoms with E-state index >= 15 is 0 Å². The van der Waals surface area contributed by atoms with Gasteiger partial charge in [-0.2, -0.15) is 0 Å². The van der Waals surface area contributed by atoms with Crippen LogP contribution < -0.4 is 5.32 Å². The number of rotatable bonds is 4. The van der Waals surface area contributed by atoms with Gasteiger partial charge < -0.3 is 10.4 Å². The van der Waals surface area contributed by atoms with Crippen LogP contribution in [0.3, 0.4) is 0 Å². The highest BCUT2D eigenvalue weighted by atomic mass is 16.4. The molecule has 1 fully saturated rings. The lowest BCUT2D eigenvalue weighted by molar-refractivity contribution is -0.148. The summed E-state index contributed by atoms with van der Waals surface area (Å²) in [6.07, 6.45) is 2.08. The van der Waals surface area contributed by atoms with Gasteiger partial charge in [0.2, 0.25) is 11.8 Å². The van der Waals surface area contributed by atoms with E-state index in [9.17, 15) is 14.4 Å². The van der Waals surface area contributed by atoms with Gasteiger partial charge in [0.15, 0.2) is 0 Å². The number of carboxylic acids is 1. The molecule has 7 nitrogen and oxygen atoms in total. The van der Waals surface area contributed by atoms with Crippen molar-refractivity contribution in [1.29, 1.82) is 0 Å². The van der Waals surface area contributed by atoms with E-state index < -0.39 is 12.0 Å². The molecule has 7 heteroatoms. The van der Waals surface area contributed by atoms with Gasteiger partial charge >= 0.3 is 5.97 Å². The third kappa shape index (κ3) is 3.00. The second kappa shape index (κ2) is 5.79. The molecule has 2 amide bonds. The van der Waals surface area contributed by atoms with Crippen LogP contribution in [0.15, 0.2) is 18.3 Å². The quantitative estimate of drug-likeness (QED) is 0.752. The molecule has 1 saturated heterocycles. The van der Waals surface area contributed by atoms with Gasteiger partial charge in [-0.25, -0.2) is 4.79 Å². The molecule has 1 aliphatic heterocycles. The molecule has 1 aromatic rings. The number of nitrogens with one attached hydrogen (secondary N) is 1. The van der Waals surface area contributed by atoms with Gasteiger partial charge in [0.1, 0.15) is 0 Å². The van der Waals surface area contributed by atoms with E-state index in [1.165, 1.54) is 19.3 Å². The topological polar surface area (TPSA) is 99.6 Å². The number of likely N-dealkylation sites (tertiary alicyclic amines) is 1. The Labute approximate surface area is 115 Å². The maximum Gasteiger partial charge on any atom is 0.337 e. The second-order valence-corrected chi connectivity index (χ2v) is 4.61. The lowest BCUT2D eigenvalue weighted by Crippen LogP contribution is -2.51. The molecule has 1 aromatic heterocycles. The number of carbonyl (C=O) groups excluding carboxylic acids is 2. The summed E-state index contributed by atoms with van der Waals surface area (Å²) in [5, 5.41) is 11.8. The number of imide groups is 1. The number of piperidine rings is 1. The molecule has 1 unspecified atom stereocenters. The van der Waals surface area contributed by atoms with Crippen molar-refractivity contribution in [2.75, 3.05) is 7.05 Å². The zero-order chi connectivity index (χ0) is 14.7. The van der Waals surface area contributed by atoms with Crippen LogP contribution in [-0.4, -0.2) is 45.9 Å². The molecule has 0 radical (unpaired) electrons. The Hall–Kier alpha value is -2.28. The molecule has 0 bridgehead atoms. The number of likely N-dealkylation sites (N-methyl/N-ethyl adjacent to an activating group) is 1. The standard InChI is InChI=1S/C13H15N3O4/c1-16-11(17)5-4-10(12(16)18)15-7-9-3-2-8(6-14-9)13(19)20/h2-3,6,10,15H,4-5,7H2,1H3,(H,19,20). The number of amides is 2. The first-order valence-corrected chi connectivity index (χ1v) is 6.21. The monoisotopic (exact) mass is 277 g/mol. The highest BCUT2D eigenvalue weighted by Crippen LogP contribution is 2.12. The van der Waals surface area contributed by atoms with E-state index in [2.05, 4.69) is 10.3 Å². The molecule has 2 heterocycles. The lowest BCUT2D eigenvalue weighted by atomic mass is 10.0. The molecule has 20 heavy (non-hydrogen) atoms. The van der Waals surface area contributed by atoms with Gasteiger partial charge in [-0.15, -0.1) is 0 Å².